The number of hydrogen-bond donors (Lipinski definition) is 1. The van der Waals surface area contributed by atoms with Crippen LogP contribution in [-0.4, -0.2) is 10.1 Å². The lowest BCUT2D eigenvalue weighted by Crippen LogP contribution is -2.05. The topological polar surface area (TPSA) is 33.1 Å². The highest BCUT2D eigenvalue weighted by atomic mass is 19.1. The molecule has 2 nitrogen and oxygen atoms in total. The molecule has 0 bridgehead atoms. The van der Waals surface area contributed by atoms with Gasteiger partial charge in [-0.2, -0.15) is 0 Å². The molecule has 1 unspecified atom stereocenters. The first kappa shape index (κ1) is 11.7. The summed E-state index contributed by atoms with van der Waals surface area (Å²) >= 11 is 0. The van der Waals surface area contributed by atoms with E-state index in [-0.39, 0.29) is 5.56 Å². The lowest BCUT2D eigenvalue weighted by molar-refractivity contribution is 0.209. The van der Waals surface area contributed by atoms with Crippen molar-refractivity contribution in [3.8, 4) is 0 Å². The highest BCUT2D eigenvalue weighted by Gasteiger charge is 2.16. The predicted molar refractivity (Wildman–Crippen MR) is 59.4 cm³/mol. The van der Waals surface area contributed by atoms with E-state index in [4.69, 9.17) is 0 Å². The summed E-state index contributed by atoms with van der Waals surface area (Å²) in [5, 5.41) is 9.92. The maximum absolute atomic E-state index is 13.4. The maximum Gasteiger partial charge on any atom is 0.129 e. The molecule has 4 heteroatoms. The number of halogens is 2. The quantitative estimate of drug-likeness (QED) is 0.868. The van der Waals surface area contributed by atoms with Crippen molar-refractivity contribution < 1.29 is 13.9 Å². The fourth-order valence-corrected chi connectivity index (χ4v) is 1.52. The third-order valence-corrected chi connectivity index (χ3v) is 2.47. The predicted octanol–water partition coefficient (Wildman–Crippen LogP) is 2.75. The van der Waals surface area contributed by atoms with Crippen molar-refractivity contribution in [3.05, 3.63) is 65.0 Å². The highest BCUT2D eigenvalue weighted by Crippen LogP contribution is 2.23. The third-order valence-electron chi connectivity index (χ3n) is 2.47. The zero-order valence-electron chi connectivity index (χ0n) is 9.19. The molecule has 0 aliphatic heterocycles. The molecule has 0 fully saturated rings. The van der Waals surface area contributed by atoms with Crippen molar-refractivity contribution in [2.75, 3.05) is 0 Å². The van der Waals surface area contributed by atoms with Crippen molar-refractivity contribution in [1.82, 2.24) is 4.98 Å². The van der Waals surface area contributed by atoms with E-state index in [9.17, 15) is 13.9 Å². The van der Waals surface area contributed by atoms with Gasteiger partial charge < -0.3 is 5.11 Å². The molecule has 0 saturated heterocycles. The summed E-state index contributed by atoms with van der Waals surface area (Å²) in [7, 11) is 0. The van der Waals surface area contributed by atoms with E-state index in [1.807, 2.05) is 6.92 Å². The smallest absolute Gasteiger partial charge is 0.129 e. The molecule has 2 rings (SSSR count). The van der Waals surface area contributed by atoms with Gasteiger partial charge in [0.25, 0.3) is 0 Å². The maximum atomic E-state index is 13.4. The molecule has 0 aliphatic carbocycles. The molecule has 0 amide bonds. The van der Waals surface area contributed by atoms with Gasteiger partial charge in [-0.1, -0.05) is 6.07 Å². The Kier molecular flexibility index (Phi) is 3.15. The fraction of sp³-hybridized carbons (Fsp3) is 0.154. The Balaban J connectivity index is 2.39. The van der Waals surface area contributed by atoms with Crippen LogP contribution in [0.2, 0.25) is 0 Å². The number of aliphatic hydroxyl groups excluding tert-OH is 1. The number of aliphatic hydroxyl groups is 1. The van der Waals surface area contributed by atoms with Crippen LogP contribution < -0.4 is 0 Å². The van der Waals surface area contributed by atoms with Gasteiger partial charge in [-0.3, -0.25) is 4.98 Å². The summed E-state index contributed by atoms with van der Waals surface area (Å²) in [5.41, 5.74) is 1.11. The summed E-state index contributed by atoms with van der Waals surface area (Å²) < 4.78 is 26.4. The van der Waals surface area contributed by atoms with Crippen molar-refractivity contribution in [2.24, 2.45) is 0 Å². The van der Waals surface area contributed by atoms with Gasteiger partial charge in [0.2, 0.25) is 0 Å². The fourth-order valence-electron chi connectivity index (χ4n) is 1.52. The third kappa shape index (κ3) is 2.47. The van der Waals surface area contributed by atoms with E-state index in [0.717, 1.165) is 23.8 Å². The van der Waals surface area contributed by atoms with Crippen molar-refractivity contribution in [3.63, 3.8) is 0 Å². The zero-order valence-corrected chi connectivity index (χ0v) is 9.19. The zero-order chi connectivity index (χ0) is 12.4. The van der Waals surface area contributed by atoms with Gasteiger partial charge in [0.15, 0.2) is 0 Å². The van der Waals surface area contributed by atoms with E-state index < -0.39 is 17.7 Å². The minimum atomic E-state index is -1.26. The van der Waals surface area contributed by atoms with Crippen LogP contribution in [0.5, 0.6) is 0 Å². The van der Waals surface area contributed by atoms with Gasteiger partial charge in [0, 0.05) is 11.8 Å². The normalized spacial score (nSPS) is 12.5. The molecule has 1 aromatic heterocycles. The first-order valence-corrected chi connectivity index (χ1v) is 5.13. The summed E-state index contributed by atoms with van der Waals surface area (Å²) in [5.74, 6) is -1.24. The first-order valence-electron chi connectivity index (χ1n) is 5.13. The minimum absolute atomic E-state index is 0.110. The molecular weight excluding hydrogens is 224 g/mol. The highest BCUT2D eigenvalue weighted by molar-refractivity contribution is 5.28. The number of rotatable bonds is 2. The van der Waals surface area contributed by atoms with E-state index >= 15 is 0 Å². The van der Waals surface area contributed by atoms with E-state index in [1.54, 1.807) is 18.3 Å². The monoisotopic (exact) mass is 235 g/mol. The van der Waals surface area contributed by atoms with E-state index in [1.165, 1.54) is 0 Å². The van der Waals surface area contributed by atoms with E-state index in [2.05, 4.69) is 4.98 Å². The van der Waals surface area contributed by atoms with Crippen molar-refractivity contribution in [1.29, 1.82) is 0 Å². The first-order chi connectivity index (χ1) is 8.08. The standard InChI is InChI=1S/C13H11F2NO/c1-8-2-5-12(16-7-8)13(17)10-6-9(14)3-4-11(10)15/h2-7,13,17H,1H3. The van der Waals surface area contributed by atoms with Crippen LogP contribution in [0.4, 0.5) is 8.78 Å². The molecule has 1 N–H and O–H groups in total. The van der Waals surface area contributed by atoms with Crippen LogP contribution in [-0.2, 0) is 0 Å². The van der Waals surface area contributed by atoms with Crippen LogP contribution in [0.15, 0.2) is 36.5 Å². The minimum Gasteiger partial charge on any atom is -0.382 e. The molecular formula is C13H11F2NO. The lowest BCUT2D eigenvalue weighted by Gasteiger charge is -2.11. The van der Waals surface area contributed by atoms with Gasteiger partial charge in [0.1, 0.15) is 17.7 Å². The summed E-state index contributed by atoms with van der Waals surface area (Å²) in [6.45, 7) is 1.85. The average Bonchev–Trinajstić information content (AvgIpc) is 2.32. The number of pyridine rings is 1. The molecule has 0 saturated carbocycles. The van der Waals surface area contributed by atoms with Gasteiger partial charge in [-0.25, -0.2) is 8.78 Å². The number of aromatic nitrogens is 1. The van der Waals surface area contributed by atoms with Gasteiger partial charge in [-0.15, -0.1) is 0 Å². The van der Waals surface area contributed by atoms with Crippen LogP contribution in [0, 0.1) is 18.6 Å². The van der Waals surface area contributed by atoms with Gasteiger partial charge >= 0.3 is 0 Å². The largest absolute Gasteiger partial charge is 0.382 e. The Hall–Kier alpha value is -1.81. The SMILES string of the molecule is Cc1ccc(C(O)c2cc(F)ccc2F)nc1. The van der Waals surface area contributed by atoms with Crippen molar-refractivity contribution >= 4 is 0 Å². The molecule has 1 atom stereocenters. The molecule has 2 aromatic rings. The second kappa shape index (κ2) is 4.59. The Morgan fingerprint density at radius 1 is 1.18 bits per heavy atom. The van der Waals surface area contributed by atoms with Gasteiger partial charge in [0.05, 0.1) is 5.69 Å². The molecule has 17 heavy (non-hydrogen) atoms. The Bertz CT molecular complexity index is 525. The van der Waals surface area contributed by atoms with Crippen LogP contribution in [0.25, 0.3) is 0 Å². The Morgan fingerprint density at radius 3 is 2.59 bits per heavy atom. The average molecular weight is 235 g/mol. The van der Waals surface area contributed by atoms with Crippen molar-refractivity contribution in [2.45, 2.75) is 13.0 Å². The number of benzene rings is 1. The lowest BCUT2D eigenvalue weighted by atomic mass is 10.0. The number of aryl methyl sites for hydroxylation is 1. The second-order valence-electron chi connectivity index (χ2n) is 3.83. The van der Waals surface area contributed by atoms with Crippen LogP contribution in [0.3, 0.4) is 0 Å². The molecule has 1 heterocycles. The Morgan fingerprint density at radius 2 is 1.94 bits per heavy atom. The molecule has 0 radical (unpaired) electrons. The van der Waals surface area contributed by atoms with Crippen LogP contribution in [0.1, 0.15) is 22.9 Å². The summed E-state index contributed by atoms with van der Waals surface area (Å²) in [4.78, 5) is 3.99. The molecule has 1 aromatic carbocycles. The van der Waals surface area contributed by atoms with E-state index in [0.29, 0.717) is 5.69 Å². The van der Waals surface area contributed by atoms with Crippen LogP contribution >= 0.6 is 0 Å². The second-order valence-corrected chi connectivity index (χ2v) is 3.83. The summed E-state index contributed by atoms with van der Waals surface area (Å²) in [6, 6.07) is 6.31. The molecule has 0 spiro atoms. The molecule has 88 valence electrons. The summed E-state index contributed by atoms with van der Waals surface area (Å²) in [6.07, 6.45) is 0.307. The van der Waals surface area contributed by atoms with Gasteiger partial charge in [-0.05, 0) is 36.8 Å². The number of hydrogen-bond acceptors (Lipinski definition) is 2. The Labute approximate surface area is 97.6 Å². The molecule has 0 aliphatic rings. The number of nitrogens with zero attached hydrogens (tertiary/aromatic N) is 1.